The fraction of sp³-hybridized carbons (Fsp3) is 0.200. The molecule has 0 aliphatic rings. The molecule has 0 radical (unpaired) electrons. The third-order valence-electron chi connectivity index (χ3n) is 2.96. The maximum atomic E-state index is 13.9. The molecule has 0 spiro atoms. The van der Waals surface area contributed by atoms with Crippen molar-refractivity contribution in [1.29, 1.82) is 0 Å². The molecular weight excluding hydrogens is 419 g/mol. The first kappa shape index (κ1) is 17.0. The first-order chi connectivity index (χ1) is 10.1. The molecule has 1 atom stereocenters. The van der Waals surface area contributed by atoms with Crippen molar-refractivity contribution in [3.8, 4) is 0 Å². The fourth-order valence-electron chi connectivity index (χ4n) is 1.87. The molecule has 0 aliphatic heterocycles. The zero-order chi connectivity index (χ0) is 15.2. The molecule has 0 amide bonds. The van der Waals surface area contributed by atoms with Crippen molar-refractivity contribution in [3.63, 3.8) is 0 Å². The van der Waals surface area contributed by atoms with Gasteiger partial charge in [-0.15, -0.1) is 11.8 Å². The molecule has 21 heavy (non-hydrogen) atoms. The van der Waals surface area contributed by atoms with E-state index in [0.29, 0.717) is 12.0 Å². The van der Waals surface area contributed by atoms with E-state index in [1.165, 1.54) is 6.07 Å². The summed E-state index contributed by atoms with van der Waals surface area (Å²) in [5.74, 6) is 6.15. The number of nitrogens with one attached hydrogen (secondary N) is 1. The minimum atomic E-state index is -0.211. The van der Waals surface area contributed by atoms with E-state index in [1.807, 2.05) is 24.3 Å². The van der Waals surface area contributed by atoms with Crippen molar-refractivity contribution >= 4 is 43.6 Å². The van der Waals surface area contributed by atoms with Crippen molar-refractivity contribution < 1.29 is 4.39 Å². The minimum absolute atomic E-state index is 0.00431. The minimum Gasteiger partial charge on any atom is -0.271 e. The summed E-state index contributed by atoms with van der Waals surface area (Å²) in [4.78, 5) is 1.15. The second kappa shape index (κ2) is 8.29. The lowest BCUT2D eigenvalue weighted by atomic mass is 10.1. The highest BCUT2D eigenvalue weighted by atomic mass is 79.9. The molecule has 3 N–H and O–H groups in total. The SMILES string of the molecule is NNC(CSc1cccc(Br)c1)Cc1ccc(Br)cc1F. The summed E-state index contributed by atoms with van der Waals surface area (Å²) in [5, 5.41) is 0. The summed E-state index contributed by atoms with van der Waals surface area (Å²) in [6.45, 7) is 0. The van der Waals surface area contributed by atoms with Crippen LogP contribution in [0.4, 0.5) is 4.39 Å². The van der Waals surface area contributed by atoms with Gasteiger partial charge in [0.2, 0.25) is 0 Å². The summed E-state index contributed by atoms with van der Waals surface area (Å²) in [6, 6.07) is 13.2. The van der Waals surface area contributed by atoms with Gasteiger partial charge in [0.05, 0.1) is 0 Å². The van der Waals surface area contributed by atoms with Crippen molar-refractivity contribution in [2.75, 3.05) is 5.75 Å². The van der Waals surface area contributed by atoms with Crippen LogP contribution in [0.25, 0.3) is 0 Å². The average molecular weight is 434 g/mol. The first-order valence-corrected chi connectivity index (χ1v) is 8.94. The van der Waals surface area contributed by atoms with Crippen molar-refractivity contribution in [1.82, 2.24) is 5.43 Å². The molecule has 6 heteroatoms. The van der Waals surface area contributed by atoms with Crippen LogP contribution >= 0.6 is 43.6 Å². The molecule has 0 fully saturated rings. The Morgan fingerprint density at radius 3 is 2.57 bits per heavy atom. The molecule has 0 heterocycles. The second-order valence-electron chi connectivity index (χ2n) is 4.57. The molecular formula is C15H15Br2FN2S. The molecule has 0 bridgehead atoms. The van der Waals surface area contributed by atoms with Gasteiger partial charge in [-0.25, -0.2) is 4.39 Å². The maximum Gasteiger partial charge on any atom is 0.127 e. The van der Waals surface area contributed by atoms with Gasteiger partial charge in [-0.2, -0.15) is 0 Å². The van der Waals surface area contributed by atoms with Crippen molar-refractivity contribution in [2.24, 2.45) is 5.84 Å². The number of hydrazine groups is 1. The van der Waals surface area contributed by atoms with Gasteiger partial charge < -0.3 is 0 Å². The van der Waals surface area contributed by atoms with Crippen LogP contribution in [0, 0.1) is 5.82 Å². The van der Waals surface area contributed by atoms with Crippen LogP contribution in [0.2, 0.25) is 0 Å². The summed E-state index contributed by atoms with van der Waals surface area (Å²) in [7, 11) is 0. The van der Waals surface area contributed by atoms with E-state index in [9.17, 15) is 4.39 Å². The summed E-state index contributed by atoms with van der Waals surface area (Å²) in [5.41, 5.74) is 3.43. The molecule has 2 nitrogen and oxygen atoms in total. The molecule has 112 valence electrons. The van der Waals surface area contributed by atoms with E-state index in [0.717, 1.165) is 19.6 Å². The van der Waals surface area contributed by atoms with Crippen molar-refractivity contribution in [2.45, 2.75) is 17.4 Å². The number of rotatable bonds is 6. The normalized spacial score (nSPS) is 12.4. The lowest BCUT2D eigenvalue weighted by molar-refractivity contribution is 0.546. The number of hydrogen-bond acceptors (Lipinski definition) is 3. The van der Waals surface area contributed by atoms with Crippen LogP contribution in [-0.4, -0.2) is 11.8 Å². The van der Waals surface area contributed by atoms with Gasteiger partial charge in [-0.1, -0.05) is 44.0 Å². The Hall–Kier alpha value is -0.400. The Morgan fingerprint density at radius 2 is 1.90 bits per heavy atom. The summed E-state index contributed by atoms with van der Waals surface area (Å²) >= 11 is 8.40. The highest BCUT2D eigenvalue weighted by Crippen LogP contribution is 2.24. The second-order valence-corrected chi connectivity index (χ2v) is 7.50. The quantitative estimate of drug-likeness (QED) is 0.399. The molecule has 0 aromatic heterocycles. The summed E-state index contributed by atoms with van der Waals surface area (Å²) in [6.07, 6.45) is 0.552. The van der Waals surface area contributed by atoms with Crippen LogP contribution in [0.3, 0.4) is 0 Å². The van der Waals surface area contributed by atoms with Gasteiger partial charge in [0.25, 0.3) is 0 Å². The van der Waals surface area contributed by atoms with Crippen molar-refractivity contribution in [3.05, 3.63) is 62.8 Å². The van der Waals surface area contributed by atoms with Gasteiger partial charge >= 0.3 is 0 Å². The Labute approximate surface area is 144 Å². The van der Waals surface area contributed by atoms with E-state index in [4.69, 9.17) is 5.84 Å². The number of halogens is 3. The predicted octanol–water partition coefficient (Wildman–Crippen LogP) is 4.52. The monoisotopic (exact) mass is 432 g/mol. The van der Waals surface area contributed by atoms with Crippen LogP contribution < -0.4 is 11.3 Å². The molecule has 2 aromatic carbocycles. The Bertz CT molecular complexity index is 610. The molecule has 0 saturated carbocycles. The molecule has 2 aromatic rings. The Balaban J connectivity index is 1.97. The van der Waals surface area contributed by atoms with Gasteiger partial charge in [0.1, 0.15) is 5.82 Å². The lowest BCUT2D eigenvalue weighted by Gasteiger charge is -2.16. The number of benzene rings is 2. The Kier molecular flexibility index (Phi) is 6.70. The number of nitrogens with two attached hydrogens (primary N) is 1. The third kappa shape index (κ3) is 5.38. The Morgan fingerprint density at radius 1 is 1.14 bits per heavy atom. The third-order valence-corrected chi connectivity index (χ3v) is 5.11. The van der Waals surface area contributed by atoms with Gasteiger partial charge in [-0.05, 0) is 42.3 Å². The standard InChI is InChI=1S/C15H15Br2FN2S/c16-11-2-1-3-14(7-11)21-9-13(20-19)6-10-4-5-12(17)8-15(10)18/h1-5,7-8,13,20H,6,9,19H2. The topological polar surface area (TPSA) is 38.0 Å². The number of thioether (sulfide) groups is 1. The highest BCUT2D eigenvalue weighted by Gasteiger charge is 2.12. The largest absolute Gasteiger partial charge is 0.271 e. The van der Waals surface area contributed by atoms with E-state index < -0.39 is 0 Å². The first-order valence-electron chi connectivity index (χ1n) is 6.37. The zero-order valence-corrected chi connectivity index (χ0v) is 15.1. The van der Waals surface area contributed by atoms with E-state index in [2.05, 4.69) is 43.4 Å². The average Bonchev–Trinajstić information content (AvgIpc) is 2.45. The van der Waals surface area contributed by atoms with Crippen LogP contribution in [0.5, 0.6) is 0 Å². The van der Waals surface area contributed by atoms with Crippen LogP contribution in [-0.2, 0) is 6.42 Å². The van der Waals surface area contributed by atoms with E-state index in [-0.39, 0.29) is 11.9 Å². The molecule has 0 aliphatic carbocycles. The number of hydrogen-bond donors (Lipinski definition) is 2. The highest BCUT2D eigenvalue weighted by molar-refractivity contribution is 9.10. The smallest absolute Gasteiger partial charge is 0.127 e. The van der Waals surface area contributed by atoms with Crippen LogP contribution in [0.15, 0.2) is 56.3 Å². The predicted molar refractivity (Wildman–Crippen MR) is 93.8 cm³/mol. The molecule has 2 rings (SSSR count). The molecule has 1 unspecified atom stereocenters. The zero-order valence-electron chi connectivity index (χ0n) is 11.2. The van der Waals surface area contributed by atoms with Gasteiger partial charge in [0, 0.05) is 25.6 Å². The van der Waals surface area contributed by atoms with E-state index in [1.54, 1.807) is 17.8 Å². The lowest BCUT2D eigenvalue weighted by Crippen LogP contribution is -2.38. The van der Waals surface area contributed by atoms with E-state index >= 15 is 0 Å². The maximum absolute atomic E-state index is 13.9. The fourth-order valence-corrected chi connectivity index (χ4v) is 3.75. The van der Waals surface area contributed by atoms with Crippen LogP contribution in [0.1, 0.15) is 5.56 Å². The van der Waals surface area contributed by atoms with Gasteiger partial charge in [-0.3, -0.25) is 11.3 Å². The summed E-state index contributed by atoms with van der Waals surface area (Å²) < 4.78 is 15.6. The molecule has 0 saturated heterocycles. The van der Waals surface area contributed by atoms with Gasteiger partial charge in [0.15, 0.2) is 0 Å².